The first-order valence-electron chi connectivity index (χ1n) is 5.51. The van der Waals surface area contributed by atoms with Crippen LogP contribution in [-0.2, 0) is 11.2 Å². The van der Waals surface area contributed by atoms with E-state index in [0.717, 1.165) is 11.1 Å². The minimum Gasteiger partial charge on any atom is -0.495 e. The first-order valence-corrected chi connectivity index (χ1v) is 5.51. The Morgan fingerprint density at radius 3 is 2.67 bits per heavy atom. The lowest BCUT2D eigenvalue weighted by molar-refractivity contribution is -0.136. The van der Waals surface area contributed by atoms with Gasteiger partial charge in [-0.25, -0.2) is 0 Å². The lowest BCUT2D eigenvalue weighted by Crippen LogP contribution is -2.04. The summed E-state index contributed by atoms with van der Waals surface area (Å²) in [6.45, 7) is 0. The average molecular weight is 243 g/mol. The molecule has 0 aliphatic carbocycles. The zero-order valence-electron chi connectivity index (χ0n) is 9.96. The van der Waals surface area contributed by atoms with E-state index in [-0.39, 0.29) is 6.42 Å². The normalized spacial score (nSPS) is 10.1. The smallest absolute Gasteiger partial charge is 0.309 e. The van der Waals surface area contributed by atoms with Gasteiger partial charge in [0, 0.05) is 5.56 Å². The molecule has 1 aromatic carbocycles. The molecule has 0 fully saturated rings. The van der Waals surface area contributed by atoms with Crippen molar-refractivity contribution in [1.82, 2.24) is 4.98 Å². The third kappa shape index (κ3) is 2.66. The Morgan fingerprint density at radius 1 is 1.33 bits per heavy atom. The zero-order chi connectivity index (χ0) is 13.0. The molecule has 0 radical (unpaired) electrons. The maximum absolute atomic E-state index is 10.8. The van der Waals surface area contributed by atoms with Crippen LogP contribution in [0.5, 0.6) is 5.75 Å². The number of ether oxygens (including phenoxy) is 1. The summed E-state index contributed by atoms with van der Waals surface area (Å²) in [5.41, 5.74) is 2.26. The number of hydrogen-bond donors (Lipinski definition) is 1. The van der Waals surface area contributed by atoms with E-state index in [1.165, 1.54) is 6.20 Å². The zero-order valence-corrected chi connectivity index (χ0v) is 9.96. The second-order valence-electron chi connectivity index (χ2n) is 3.81. The summed E-state index contributed by atoms with van der Waals surface area (Å²) in [6, 6.07) is 11.4. The Balaban J connectivity index is 2.51. The van der Waals surface area contributed by atoms with E-state index >= 15 is 0 Å². The van der Waals surface area contributed by atoms with E-state index < -0.39 is 5.97 Å². The molecule has 1 aromatic heterocycles. The van der Waals surface area contributed by atoms with Gasteiger partial charge in [0.15, 0.2) is 0 Å². The number of rotatable bonds is 4. The molecule has 0 saturated carbocycles. The Bertz CT molecular complexity index is 552. The Hall–Kier alpha value is -2.36. The van der Waals surface area contributed by atoms with Gasteiger partial charge in [-0.1, -0.05) is 30.3 Å². The third-order valence-electron chi connectivity index (χ3n) is 2.58. The van der Waals surface area contributed by atoms with Crippen LogP contribution in [0.15, 0.2) is 42.6 Å². The predicted molar refractivity (Wildman–Crippen MR) is 67.6 cm³/mol. The number of aromatic nitrogens is 1. The number of aliphatic carboxylic acids is 1. The summed E-state index contributed by atoms with van der Waals surface area (Å²) in [6.07, 6.45) is 1.43. The molecule has 92 valence electrons. The molecule has 0 bridgehead atoms. The van der Waals surface area contributed by atoms with E-state index in [4.69, 9.17) is 9.84 Å². The standard InChI is InChI=1S/C14H13NO3/c1-18-11-7-12(10-5-3-2-4-6-10)13(15-9-11)8-14(16)17/h2-7,9H,8H2,1H3,(H,16,17). The molecule has 1 N–H and O–H groups in total. The van der Waals surface area contributed by atoms with Crippen LogP contribution in [0.25, 0.3) is 11.1 Å². The van der Waals surface area contributed by atoms with Crippen molar-refractivity contribution in [3.63, 3.8) is 0 Å². The molecule has 0 aliphatic rings. The van der Waals surface area contributed by atoms with Crippen molar-refractivity contribution in [3.05, 3.63) is 48.3 Å². The Kier molecular flexibility index (Phi) is 3.57. The Morgan fingerprint density at radius 2 is 2.06 bits per heavy atom. The molecule has 1 heterocycles. The van der Waals surface area contributed by atoms with Crippen LogP contribution in [0.1, 0.15) is 5.69 Å². The fourth-order valence-electron chi connectivity index (χ4n) is 1.74. The molecule has 18 heavy (non-hydrogen) atoms. The van der Waals surface area contributed by atoms with Crippen molar-refractivity contribution in [2.45, 2.75) is 6.42 Å². The first-order chi connectivity index (χ1) is 8.70. The van der Waals surface area contributed by atoms with Gasteiger partial charge in [-0.2, -0.15) is 0 Å². The monoisotopic (exact) mass is 243 g/mol. The van der Waals surface area contributed by atoms with E-state index in [9.17, 15) is 4.79 Å². The number of hydrogen-bond acceptors (Lipinski definition) is 3. The quantitative estimate of drug-likeness (QED) is 0.895. The van der Waals surface area contributed by atoms with Crippen LogP contribution in [0.2, 0.25) is 0 Å². The van der Waals surface area contributed by atoms with Crippen LogP contribution in [0, 0.1) is 0 Å². The van der Waals surface area contributed by atoms with Gasteiger partial charge in [-0.15, -0.1) is 0 Å². The minimum atomic E-state index is -0.898. The van der Waals surface area contributed by atoms with Crippen LogP contribution >= 0.6 is 0 Å². The number of carboxylic acid groups (broad SMARTS) is 1. The summed E-state index contributed by atoms with van der Waals surface area (Å²) in [5.74, 6) is -0.284. The van der Waals surface area contributed by atoms with Crippen molar-refractivity contribution >= 4 is 5.97 Å². The van der Waals surface area contributed by atoms with Gasteiger partial charge >= 0.3 is 5.97 Å². The highest BCUT2D eigenvalue weighted by Gasteiger charge is 2.11. The maximum atomic E-state index is 10.8. The topological polar surface area (TPSA) is 59.4 Å². The van der Waals surface area contributed by atoms with Gasteiger partial charge in [-0.05, 0) is 11.6 Å². The molecule has 4 nitrogen and oxygen atoms in total. The van der Waals surface area contributed by atoms with Crippen LogP contribution in [0.3, 0.4) is 0 Å². The molecular formula is C14H13NO3. The number of methoxy groups -OCH3 is 1. The number of nitrogens with zero attached hydrogens (tertiary/aromatic N) is 1. The number of carboxylic acids is 1. The molecule has 4 heteroatoms. The highest BCUT2D eigenvalue weighted by Crippen LogP contribution is 2.26. The van der Waals surface area contributed by atoms with Crippen molar-refractivity contribution in [3.8, 4) is 16.9 Å². The van der Waals surface area contributed by atoms with Crippen molar-refractivity contribution < 1.29 is 14.6 Å². The first kappa shape index (κ1) is 12.1. The fourth-order valence-corrected chi connectivity index (χ4v) is 1.74. The van der Waals surface area contributed by atoms with Gasteiger partial charge in [0.2, 0.25) is 0 Å². The number of benzene rings is 1. The summed E-state index contributed by atoms with van der Waals surface area (Å²) in [5, 5.41) is 8.89. The third-order valence-corrected chi connectivity index (χ3v) is 2.58. The highest BCUT2D eigenvalue weighted by molar-refractivity contribution is 5.75. The molecule has 2 rings (SSSR count). The highest BCUT2D eigenvalue weighted by atomic mass is 16.5. The summed E-state index contributed by atoms with van der Waals surface area (Å²) >= 11 is 0. The molecule has 0 amide bonds. The van der Waals surface area contributed by atoms with Crippen LogP contribution < -0.4 is 4.74 Å². The molecule has 0 atom stereocenters. The fraction of sp³-hybridized carbons (Fsp3) is 0.143. The molecule has 0 saturated heterocycles. The molecular weight excluding hydrogens is 230 g/mol. The average Bonchev–Trinajstić information content (AvgIpc) is 2.39. The van der Waals surface area contributed by atoms with Crippen LogP contribution in [-0.4, -0.2) is 23.2 Å². The lowest BCUT2D eigenvalue weighted by atomic mass is 10.0. The van der Waals surface area contributed by atoms with Crippen molar-refractivity contribution in [2.24, 2.45) is 0 Å². The Labute approximate surface area is 105 Å². The number of pyridine rings is 1. The molecule has 0 aliphatic heterocycles. The van der Waals surface area contributed by atoms with Crippen LogP contribution in [0.4, 0.5) is 0 Å². The van der Waals surface area contributed by atoms with Gasteiger partial charge < -0.3 is 9.84 Å². The van der Waals surface area contributed by atoms with Gasteiger partial charge in [0.1, 0.15) is 5.75 Å². The summed E-state index contributed by atoms with van der Waals surface area (Å²) < 4.78 is 5.13. The lowest BCUT2D eigenvalue weighted by Gasteiger charge is -2.09. The maximum Gasteiger partial charge on any atom is 0.309 e. The molecule has 0 unspecified atom stereocenters. The van der Waals surface area contributed by atoms with E-state index in [0.29, 0.717) is 11.4 Å². The van der Waals surface area contributed by atoms with Crippen molar-refractivity contribution in [1.29, 1.82) is 0 Å². The van der Waals surface area contributed by atoms with Crippen molar-refractivity contribution in [2.75, 3.05) is 7.11 Å². The van der Waals surface area contributed by atoms with Gasteiger partial charge in [0.05, 0.1) is 25.4 Å². The SMILES string of the molecule is COc1cnc(CC(=O)O)c(-c2ccccc2)c1. The summed E-state index contributed by atoms with van der Waals surface area (Å²) in [4.78, 5) is 15.0. The largest absolute Gasteiger partial charge is 0.495 e. The number of carbonyl (C=O) groups is 1. The minimum absolute atomic E-state index is 0.103. The second-order valence-corrected chi connectivity index (χ2v) is 3.81. The van der Waals surface area contributed by atoms with E-state index in [2.05, 4.69) is 4.98 Å². The molecule has 2 aromatic rings. The summed E-state index contributed by atoms with van der Waals surface area (Å²) in [7, 11) is 1.56. The molecule has 0 spiro atoms. The van der Waals surface area contributed by atoms with E-state index in [1.54, 1.807) is 13.2 Å². The van der Waals surface area contributed by atoms with E-state index in [1.807, 2.05) is 30.3 Å². The van der Waals surface area contributed by atoms with Gasteiger partial charge in [-0.3, -0.25) is 9.78 Å². The van der Waals surface area contributed by atoms with Gasteiger partial charge in [0.25, 0.3) is 0 Å². The second kappa shape index (κ2) is 5.31. The predicted octanol–water partition coefficient (Wildman–Crippen LogP) is 2.38.